The maximum Gasteiger partial charge on any atom is 0.269 e. The number of nitrogens with zero attached hydrogens (tertiary/aromatic N) is 4. The number of aromatic nitrogens is 1. The van der Waals surface area contributed by atoms with Gasteiger partial charge in [0.15, 0.2) is 0 Å². The number of anilines is 1. The van der Waals surface area contributed by atoms with E-state index in [4.69, 9.17) is 4.98 Å². The molecule has 0 radical (unpaired) electrons. The van der Waals surface area contributed by atoms with Crippen molar-refractivity contribution >= 4 is 38.8 Å². The van der Waals surface area contributed by atoms with Crippen LogP contribution in [-0.2, 0) is 11.3 Å². The zero-order chi connectivity index (χ0) is 20.9. The van der Waals surface area contributed by atoms with Crippen LogP contribution in [0.2, 0.25) is 0 Å². The topological polar surface area (TPSA) is 91.6 Å². The molecular formula is C21H23N5O3S. The number of nitro benzene ring substituents is 1. The van der Waals surface area contributed by atoms with E-state index in [0.717, 1.165) is 43.2 Å². The minimum absolute atomic E-state index is 0.0108. The number of hydrogen-bond acceptors (Lipinski definition) is 7. The zero-order valence-corrected chi connectivity index (χ0v) is 17.3. The lowest BCUT2D eigenvalue weighted by molar-refractivity contribution is -0.384. The maximum atomic E-state index is 12.2. The first-order chi connectivity index (χ1) is 14.6. The Bertz CT molecular complexity index is 996. The van der Waals surface area contributed by atoms with E-state index in [1.165, 1.54) is 16.8 Å². The Morgan fingerprint density at radius 1 is 1.07 bits per heavy atom. The molecule has 2 heterocycles. The Labute approximate surface area is 178 Å². The van der Waals surface area contributed by atoms with Crippen molar-refractivity contribution in [2.45, 2.75) is 13.0 Å². The van der Waals surface area contributed by atoms with Crippen LogP contribution in [0.15, 0.2) is 48.5 Å². The summed E-state index contributed by atoms with van der Waals surface area (Å²) in [6.45, 7) is 5.34. The van der Waals surface area contributed by atoms with Gasteiger partial charge in [-0.15, -0.1) is 11.3 Å². The third kappa shape index (κ3) is 5.18. The molecule has 1 fully saturated rings. The van der Waals surface area contributed by atoms with E-state index in [9.17, 15) is 14.9 Å². The van der Waals surface area contributed by atoms with Gasteiger partial charge in [-0.1, -0.05) is 12.1 Å². The van der Waals surface area contributed by atoms with Gasteiger partial charge in [-0.25, -0.2) is 4.98 Å². The number of thiazole rings is 1. The molecule has 2 aromatic carbocycles. The van der Waals surface area contributed by atoms with Crippen LogP contribution in [0.4, 0.5) is 11.4 Å². The summed E-state index contributed by atoms with van der Waals surface area (Å²) in [7, 11) is 0. The summed E-state index contributed by atoms with van der Waals surface area (Å²) in [6, 6.07) is 14.1. The highest BCUT2D eigenvalue weighted by atomic mass is 32.1. The van der Waals surface area contributed by atoms with Gasteiger partial charge in [-0.3, -0.25) is 19.8 Å². The minimum atomic E-state index is -0.456. The molecule has 1 saturated heterocycles. The summed E-state index contributed by atoms with van der Waals surface area (Å²) >= 11 is 1.75. The Morgan fingerprint density at radius 2 is 1.77 bits per heavy atom. The summed E-state index contributed by atoms with van der Waals surface area (Å²) in [5.41, 5.74) is 1.65. The maximum absolute atomic E-state index is 12.2. The number of nitro groups is 1. The van der Waals surface area contributed by atoms with E-state index < -0.39 is 4.92 Å². The fourth-order valence-electron chi connectivity index (χ4n) is 3.50. The normalized spacial score (nSPS) is 15.3. The summed E-state index contributed by atoms with van der Waals surface area (Å²) < 4.78 is 1.23. The standard InChI is InChI=1S/C21H23N5O3S/c27-20(22-16-5-7-17(8-6-16)26(28)29)9-10-24-11-13-25(14-12-24)15-21-23-18-3-1-2-4-19(18)30-21/h1-8H,9-15H2,(H,22,27). The van der Waals surface area contributed by atoms with E-state index in [1.54, 1.807) is 23.5 Å². The molecule has 30 heavy (non-hydrogen) atoms. The number of para-hydroxylation sites is 1. The largest absolute Gasteiger partial charge is 0.326 e. The quantitative estimate of drug-likeness (QED) is 0.461. The first-order valence-corrected chi connectivity index (χ1v) is 10.7. The molecule has 0 saturated carbocycles. The van der Waals surface area contributed by atoms with Crippen molar-refractivity contribution in [3.63, 3.8) is 0 Å². The smallest absolute Gasteiger partial charge is 0.269 e. The Morgan fingerprint density at radius 3 is 2.47 bits per heavy atom. The van der Waals surface area contributed by atoms with E-state index >= 15 is 0 Å². The van der Waals surface area contributed by atoms with Gasteiger partial charge >= 0.3 is 0 Å². The Kier molecular flexibility index (Phi) is 6.32. The highest BCUT2D eigenvalue weighted by Gasteiger charge is 2.19. The molecule has 1 N–H and O–H groups in total. The minimum Gasteiger partial charge on any atom is -0.326 e. The van der Waals surface area contributed by atoms with Crippen LogP contribution in [0.3, 0.4) is 0 Å². The lowest BCUT2D eigenvalue weighted by Gasteiger charge is -2.34. The van der Waals surface area contributed by atoms with Gasteiger partial charge < -0.3 is 10.2 Å². The molecule has 1 aromatic heterocycles. The average Bonchev–Trinajstić information content (AvgIpc) is 3.16. The molecule has 8 nitrogen and oxygen atoms in total. The lowest BCUT2D eigenvalue weighted by Crippen LogP contribution is -2.46. The monoisotopic (exact) mass is 425 g/mol. The predicted octanol–water partition coefficient (Wildman–Crippen LogP) is 3.35. The molecule has 0 unspecified atom stereocenters. The van der Waals surface area contributed by atoms with Gasteiger partial charge in [0.1, 0.15) is 5.01 Å². The van der Waals surface area contributed by atoms with Gasteiger partial charge in [-0.2, -0.15) is 0 Å². The summed E-state index contributed by atoms with van der Waals surface area (Å²) in [5.74, 6) is -0.0826. The van der Waals surface area contributed by atoms with Crippen molar-refractivity contribution in [3.05, 3.63) is 63.7 Å². The fourth-order valence-corrected chi connectivity index (χ4v) is 4.51. The van der Waals surface area contributed by atoms with Crippen LogP contribution < -0.4 is 5.32 Å². The van der Waals surface area contributed by atoms with Crippen LogP contribution in [0.1, 0.15) is 11.4 Å². The second-order valence-corrected chi connectivity index (χ2v) is 8.41. The van der Waals surface area contributed by atoms with Crippen LogP contribution in [-0.4, -0.2) is 58.3 Å². The molecule has 4 rings (SSSR count). The van der Waals surface area contributed by atoms with Crippen molar-refractivity contribution in [3.8, 4) is 0 Å². The van der Waals surface area contributed by atoms with Crippen molar-refractivity contribution in [2.24, 2.45) is 0 Å². The van der Waals surface area contributed by atoms with Gasteiger partial charge in [0.2, 0.25) is 5.91 Å². The van der Waals surface area contributed by atoms with Crippen LogP contribution in [0.25, 0.3) is 10.2 Å². The van der Waals surface area contributed by atoms with Crippen molar-refractivity contribution in [2.75, 3.05) is 38.0 Å². The molecule has 0 atom stereocenters. The molecule has 156 valence electrons. The molecule has 0 spiro atoms. The molecule has 0 bridgehead atoms. The zero-order valence-electron chi connectivity index (χ0n) is 16.5. The molecule has 3 aromatic rings. The number of amides is 1. The first kappa shape index (κ1) is 20.4. The van der Waals surface area contributed by atoms with Gasteiger partial charge in [0.25, 0.3) is 5.69 Å². The third-order valence-corrected chi connectivity index (χ3v) is 6.20. The first-order valence-electron chi connectivity index (χ1n) is 9.90. The second-order valence-electron chi connectivity index (χ2n) is 7.30. The summed E-state index contributed by atoms with van der Waals surface area (Å²) in [4.78, 5) is 31.8. The van der Waals surface area contributed by atoms with Crippen molar-refractivity contribution < 1.29 is 9.72 Å². The number of piperazine rings is 1. The Balaban J connectivity index is 1.19. The van der Waals surface area contributed by atoms with Gasteiger partial charge in [-0.05, 0) is 24.3 Å². The van der Waals surface area contributed by atoms with Crippen molar-refractivity contribution in [1.82, 2.24) is 14.8 Å². The van der Waals surface area contributed by atoms with E-state index in [-0.39, 0.29) is 11.6 Å². The lowest BCUT2D eigenvalue weighted by atomic mass is 10.2. The van der Waals surface area contributed by atoms with Crippen LogP contribution in [0, 0.1) is 10.1 Å². The predicted molar refractivity (Wildman–Crippen MR) is 118 cm³/mol. The highest BCUT2D eigenvalue weighted by molar-refractivity contribution is 7.18. The molecule has 9 heteroatoms. The molecule has 1 aliphatic heterocycles. The third-order valence-electron chi connectivity index (χ3n) is 5.18. The summed E-state index contributed by atoms with van der Waals surface area (Å²) in [6.07, 6.45) is 0.398. The fraction of sp³-hybridized carbons (Fsp3) is 0.333. The summed E-state index contributed by atoms with van der Waals surface area (Å²) in [5, 5.41) is 14.6. The molecule has 1 amide bonds. The highest BCUT2D eigenvalue weighted by Crippen LogP contribution is 2.23. The number of carbonyl (C=O) groups is 1. The number of benzene rings is 2. The second kappa shape index (κ2) is 9.29. The number of carbonyl (C=O) groups excluding carboxylic acids is 1. The van der Waals surface area contributed by atoms with Crippen molar-refractivity contribution in [1.29, 1.82) is 0 Å². The number of fused-ring (bicyclic) bond motifs is 1. The van der Waals surface area contributed by atoms with E-state index in [0.29, 0.717) is 18.7 Å². The number of nitrogens with one attached hydrogen (secondary N) is 1. The van der Waals surface area contributed by atoms with Crippen LogP contribution in [0.5, 0.6) is 0 Å². The van der Waals surface area contributed by atoms with Gasteiger partial charge in [0, 0.05) is 57.0 Å². The van der Waals surface area contributed by atoms with E-state index in [2.05, 4.69) is 27.2 Å². The van der Waals surface area contributed by atoms with E-state index in [1.807, 2.05) is 12.1 Å². The number of rotatable bonds is 7. The molecule has 1 aliphatic rings. The number of hydrogen-bond donors (Lipinski definition) is 1. The van der Waals surface area contributed by atoms with Gasteiger partial charge in [0.05, 0.1) is 21.7 Å². The number of non-ortho nitro benzene ring substituents is 1. The SMILES string of the molecule is O=C(CCN1CCN(Cc2nc3ccccc3s2)CC1)Nc1ccc([N+](=O)[O-])cc1. The molecule has 0 aliphatic carbocycles. The Hall–Kier alpha value is -2.88. The van der Waals surface area contributed by atoms with Crippen LogP contribution >= 0.6 is 11.3 Å². The molecular weight excluding hydrogens is 402 g/mol. The average molecular weight is 426 g/mol.